The first kappa shape index (κ1) is 24.5. The highest BCUT2D eigenvalue weighted by atomic mass is 16.5. The molecule has 1 aliphatic rings. The van der Waals surface area contributed by atoms with E-state index >= 15 is 0 Å². The SMILES string of the molecule is CCCCOc1ccc(Nc2nc(Nc3ccc(OC)cc3)nc(NC3NC(=O)N(C)C3=O)n2)cc1. The lowest BCUT2D eigenvalue weighted by atomic mass is 10.3. The number of aromatic nitrogens is 3. The Labute approximate surface area is 208 Å². The van der Waals surface area contributed by atoms with Crippen molar-refractivity contribution in [3.63, 3.8) is 0 Å². The number of unbranched alkanes of at least 4 members (excludes halogenated alkanes) is 1. The van der Waals surface area contributed by atoms with Crippen LogP contribution in [0.2, 0.25) is 0 Å². The number of hydrogen-bond donors (Lipinski definition) is 4. The predicted molar refractivity (Wildman–Crippen MR) is 135 cm³/mol. The van der Waals surface area contributed by atoms with Crippen molar-refractivity contribution < 1.29 is 19.1 Å². The van der Waals surface area contributed by atoms with Crippen molar-refractivity contribution in [1.82, 2.24) is 25.2 Å². The molecule has 1 atom stereocenters. The van der Waals surface area contributed by atoms with Gasteiger partial charge in [0.15, 0.2) is 6.17 Å². The zero-order chi connectivity index (χ0) is 25.5. The summed E-state index contributed by atoms with van der Waals surface area (Å²) < 4.78 is 10.9. The number of benzene rings is 2. The number of nitrogens with zero attached hydrogens (tertiary/aromatic N) is 4. The molecule has 1 aromatic heterocycles. The van der Waals surface area contributed by atoms with Crippen LogP contribution in [0.5, 0.6) is 11.5 Å². The Morgan fingerprint density at radius 1 is 0.889 bits per heavy atom. The van der Waals surface area contributed by atoms with Gasteiger partial charge in [-0.3, -0.25) is 9.69 Å². The molecule has 0 spiro atoms. The predicted octanol–water partition coefficient (Wildman–Crippen LogP) is 3.47. The highest BCUT2D eigenvalue weighted by Gasteiger charge is 2.35. The van der Waals surface area contributed by atoms with Gasteiger partial charge in [0.25, 0.3) is 5.91 Å². The molecular formula is C24H28N8O4. The smallest absolute Gasteiger partial charge is 0.325 e. The van der Waals surface area contributed by atoms with Crippen LogP contribution in [-0.4, -0.2) is 58.7 Å². The number of ether oxygens (including phenoxy) is 2. The summed E-state index contributed by atoms with van der Waals surface area (Å²) in [6, 6.07) is 14.1. The topological polar surface area (TPSA) is 143 Å². The number of imide groups is 1. The standard InChI is InChI=1S/C24H28N8O4/c1-4-5-14-36-18-12-8-16(9-13-18)26-22-29-21(25-15-6-10-17(35-3)11-7-15)30-23(31-22)27-19-20(33)32(2)24(34)28-19/h6-13,19H,4-5,14H2,1-3H3,(H,28,34)(H3,25,26,27,29,30,31). The summed E-state index contributed by atoms with van der Waals surface area (Å²) in [5.74, 6) is 1.59. The van der Waals surface area contributed by atoms with Crippen molar-refractivity contribution in [3.8, 4) is 11.5 Å². The van der Waals surface area contributed by atoms with Crippen molar-refractivity contribution in [2.45, 2.75) is 25.9 Å². The van der Waals surface area contributed by atoms with E-state index in [9.17, 15) is 9.59 Å². The quantitative estimate of drug-likeness (QED) is 0.232. The fourth-order valence-corrected chi connectivity index (χ4v) is 3.26. The summed E-state index contributed by atoms with van der Waals surface area (Å²) in [4.78, 5) is 38.3. The molecule has 36 heavy (non-hydrogen) atoms. The minimum atomic E-state index is -0.994. The van der Waals surface area contributed by atoms with Crippen molar-refractivity contribution in [2.24, 2.45) is 0 Å². The highest BCUT2D eigenvalue weighted by Crippen LogP contribution is 2.23. The third kappa shape index (κ3) is 6.09. The zero-order valence-electron chi connectivity index (χ0n) is 20.2. The molecule has 1 fully saturated rings. The molecule has 4 N–H and O–H groups in total. The van der Waals surface area contributed by atoms with Crippen LogP contribution < -0.4 is 30.7 Å². The van der Waals surface area contributed by atoms with Crippen LogP contribution in [0.25, 0.3) is 0 Å². The van der Waals surface area contributed by atoms with E-state index in [2.05, 4.69) is 43.1 Å². The Morgan fingerprint density at radius 3 is 1.94 bits per heavy atom. The molecule has 3 amide bonds. The monoisotopic (exact) mass is 492 g/mol. The maximum Gasteiger partial charge on any atom is 0.325 e. The van der Waals surface area contributed by atoms with Gasteiger partial charge in [-0.05, 0) is 55.0 Å². The van der Waals surface area contributed by atoms with Crippen molar-refractivity contribution in [3.05, 3.63) is 48.5 Å². The minimum absolute atomic E-state index is 0.0944. The number of anilines is 5. The van der Waals surface area contributed by atoms with Gasteiger partial charge in [0.05, 0.1) is 13.7 Å². The van der Waals surface area contributed by atoms with E-state index in [1.807, 2.05) is 36.4 Å². The summed E-state index contributed by atoms with van der Waals surface area (Å²) in [5.41, 5.74) is 1.45. The molecule has 0 radical (unpaired) electrons. The van der Waals surface area contributed by atoms with Gasteiger partial charge in [0.2, 0.25) is 17.8 Å². The maximum absolute atomic E-state index is 12.3. The Hall–Kier alpha value is -4.61. The number of carbonyl (C=O) groups excluding carboxylic acids is 2. The first-order valence-electron chi connectivity index (χ1n) is 11.5. The minimum Gasteiger partial charge on any atom is -0.497 e. The van der Waals surface area contributed by atoms with Crippen molar-refractivity contribution in [2.75, 3.05) is 36.7 Å². The van der Waals surface area contributed by atoms with Gasteiger partial charge in [-0.25, -0.2) is 4.79 Å². The Balaban J connectivity index is 1.55. The van der Waals surface area contributed by atoms with E-state index in [0.29, 0.717) is 12.4 Å². The van der Waals surface area contributed by atoms with Crippen LogP contribution in [0.3, 0.4) is 0 Å². The molecule has 12 nitrogen and oxygen atoms in total. The molecule has 2 heterocycles. The summed E-state index contributed by atoms with van der Waals surface area (Å²) >= 11 is 0. The number of rotatable bonds is 11. The van der Waals surface area contributed by atoms with Crippen LogP contribution in [0, 0.1) is 0 Å². The lowest BCUT2D eigenvalue weighted by Crippen LogP contribution is -2.37. The van der Waals surface area contributed by atoms with E-state index in [1.54, 1.807) is 19.2 Å². The Kier molecular flexibility index (Phi) is 7.63. The van der Waals surface area contributed by atoms with Gasteiger partial charge in [-0.15, -0.1) is 0 Å². The molecule has 1 saturated heterocycles. The molecule has 4 rings (SSSR count). The number of amides is 3. The summed E-state index contributed by atoms with van der Waals surface area (Å²) in [6.07, 6.45) is 1.06. The molecule has 0 bridgehead atoms. The summed E-state index contributed by atoms with van der Waals surface area (Å²) in [6.45, 7) is 2.78. The molecule has 188 valence electrons. The number of carbonyl (C=O) groups is 2. The molecule has 0 saturated carbocycles. The number of urea groups is 1. The molecule has 1 unspecified atom stereocenters. The second-order valence-electron chi connectivity index (χ2n) is 7.94. The van der Waals surface area contributed by atoms with Gasteiger partial charge in [0, 0.05) is 18.4 Å². The first-order valence-corrected chi connectivity index (χ1v) is 11.5. The van der Waals surface area contributed by atoms with Crippen LogP contribution in [0.1, 0.15) is 19.8 Å². The lowest BCUT2D eigenvalue weighted by Gasteiger charge is -2.14. The lowest BCUT2D eigenvalue weighted by molar-refractivity contribution is -0.125. The van der Waals surface area contributed by atoms with Crippen LogP contribution in [0.15, 0.2) is 48.5 Å². The van der Waals surface area contributed by atoms with Crippen LogP contribution >= 0.6 is 0 Å². The second kappa shape index (κ2) is 11.2. The summed E-state index contributed by atoms with van der Waals surface area (Å²) in [5, 5.41) is 11.6. The van der Waals surface area contributed by atoms with E-state index in [4.69, 9.17) is 9.47 Å². The number of likely N-dealkylation sites (N-methyl/N-ethyl adjacent to an activating group) is 1. The fourth-order valence-electron chi connectivity index (χ4n) is 3.26. The van der Waals surface area contributed by atoms with Crippen LogP contribution in [-0.2, 0) is 4.79 Å². The average molecular weight is 493 g/mol. The number of nitrogens with one attached hydrogen (secondary N) is 4. The van der Waals surface area contributed by atoms with Crippen LogP contribution in [0.4, 0.5) is 34.0 Å². The highest BCUT2D eigenvalue weighted by molar-refractivity contribution is 6.04. The van der Waals surface area contributed by atoms with E-state index in [1.165, 1.54) is 7.05 Å². The van der Waals surface area contributed by atoms with Gasteiger partial charge in [-0.2, -0.15) is 15.0 Å². The molecule has 0 aliphatic carbocycles. The van der Waals surface area contributed by atoms with E-state index in [-0.39, 0.29) is 17.8 Å². The Morgan fingerprint density at radius 2 is 1.44 bits per heavy atom. The third-order valence-corrected chi connectivity index (χ3v) is 5.28. The molecule has 1 aliphatic heterocycles. The molecule has 12 heteroatoms. The largest absolute Gasteiger partial charge is 0.497 e. The molecule has 3 aromatic rings. The third-order valence-electron chi connectivity index (χ3n) is 5.28. The zero-order valence-corrected chi connectivity index (χ0v) is 20.2. The van der Waals surface area contributed by atoms with Gasteiger partial charge in [0.1, 0.15) is 11.5 Å². The van der Waals surface area contributed by atoms with Gasteiger partial charge < -0.3 is 30.7 Å². The fraction of sp³-hybridized carbons (Fsp3) is 0.292. The molecular weight excluding hydrogens is 464 g/mol. The second-order valence-corrected chi connectivity index (χ2v) is 7.94. The summed E-state index contributed by atoms with van der Waals surface area (Å²) in [7, 11) is 2.99. The Bertz CT molecular complexity index is 1200. The number of hydrogen-bond acceptors (Lipinski definition) is 10. The average Bonchev–Trinajstić information content (AvgIpc) is 3.12. The van der Waals surface area contributed by atoms with Crippen molar-refractivity contribution in [1.29, 1.82) is 0 Å². The number of methoxy groups -OCH3 is 1. The van der Waals surface area contributed by atoms with Gasteiger partial charge >= 0.3 is 6.03 Å². The maximum atomic E-state index is 12.3. The van der Waals surface area contributed by atoms with E-state index < -0.39 is 18.1 Å². The first-order chi connectivity index (χ1) is 17.4. The normalized spacial score (nSPS) is 14.9. The molecule has 2 aromatic carbocycles. The van der Waals surface area contributed by atoms with Crippen molar-refractivity contribution >= 4 is 41.2 Å². The van der Waals surface area contributed by atoms with E-state index in [0.717, 1.165) is 34.9 Å². The van der Waals surface area contributed by atoms with Gasteiger partial charge in [-0.1, -0.05) is 13.3 Å².